The van der Waals surface area contributed by atoms with Crippen molar-refractivity contribution in [3.63, 3.8) is 0 Å². The molecule has 0 bridgehead atoms. The number of amides is 1. The van der Waals surface area contributed by atoms with Gasteiger partial charge in [-0.15, -0.1) is 0 Å². The zero-order chi connectivity index (χ0) is 13.9. The molecule has 102 valence electrons. The molecule has 0 saturated carbocycles. The number of nitrogens with two attached hydrogens (primary N) is 1. The van der Waals surface area contributed by atoms with Crippen molar-refractivity contribution in [2.75, 3.05) is 12.8 Å². The van der Waals surface area contributed by atoms with E-state index in [2.05, 4.69) is 5.32 Å². The van der Waals surface area contributed by atoms with Crippen molar-refractivity contribution < 1.29 is 13.2 Å². The van der Waals surface area contributed by atoms with E-state index in [1.165, 1.54) is 0 Å². The molecule has 0 fully saturated rings. The first-order chi connectivity index (χ1) is 7.53. The van der Waals surface area contributed by atoms with Crippen LogP contribution in [0.5, 0.6) is 0 Å². The van der Waals surface area contributed by atoms with Crippen LogP contribution < -0.4 is 11.1 Å². The minimum Gasteiger partial charge on any atom is -0.353 e. The highest BCUT2D eigenvalue weighted by atomic mass is 32.2. The van der Waals surface area contributed by atoms with Gasteiger partial charge >= 0.3 is 0 Å². The maximum Gasteiger partial charge on any atom is 0.237 e. The quantitative estimate of drug-likeness (QED) is 0.722. The molecule has 6 heteroatoms. The summed E-state index contributed by atoms with van der Waals surface area (Å²) >= 11 is 0. The Morgan fingerprint density at radius 1 is 1.41 bits per heavy atom. The van der Waals surface area contributed by atoms with E-state index in [0.717, 1.165) is 12.7 Å². The standard InChI is InChI=1S/C11H24N2O3S/c1-6-8(2)9(12)10(14)13-7-11(3,4)17(5,15)16/h8-9H,6-7,12H2,1-5H3,(H,13,14)/t8?,9-/m0/s1. The van der Waals surface area contributed by atoms with Gasteiger partial charge in [0.05, 0.1) is 10.8 Å². The van der Waals surface area contributed by atoms with Crippen LogP contribution in [0.2, 0.25) is 0 Å². The molecule has 0 aromatic carbocycles. The zero-order valence-corrected chi connectivity index (χ0v) is 12.1. The maximum atomic E-state index is 11.7. The second kappa shape index (κ2) is 5.82. The third-order valence-electron chi connectivity index (χ3n) is 3.25. The molecule has 5 nitrogen and oxygen atoms in total. The Bertz CT molecular complexity index is 363. The molecule has 0 spiro atoms. The average Bonchev–Trinajstić information content (AvgIpc) is 2.22. The van der Waals surface area contributed by atoms with Gasteiger partial charge in [-0.05, 0) is 19.8 Å². The van der Waals surface area contributed by atoms with E-state index in [4.69, 9.17) is 5.73 Å². The number of nitrogens with one attached hydrogen (secondary N) is 1. The summed E-state index contributed by atoms with van der Waals surface area (Å²) < 4.78 is 21.9. The SMILES string of the molecule is CCC(C)[C@H](N)C(=O)NCC(C)(C)S(C)(=O)=O. The summed E-state index contributed by atoms with van der Waals surface area (Å²) in [6.45, 7) is 7.09. The topological polar surface area (TPSA) is 89.3 Å². The lowest BCUT2D eigenvalue weighted by molar-refractivity contribution is -0.123. The third-order valence-corrected chi connectivity index (χ3v) is 5.40. The Morgan fingerprint density at radius 3 is 2.24 bits per heavy atom. The van der Waals surface area contributed by atoms with Crippen LogP contribution in [-0.2, 0) is 14.6 Å². The fraction of sp³-hybridized carbons (Fsp3) is 0.909. The summed E-state index contributed by atoms with van der Waals surface area (Å²) in [5.41, 5.74) is 5.75. The lowest BCUT2D eigenvalue weighted by Crippen LogP contribution is -2.50. The second-order valence-corrected chi connectivity index (χ2v) is 7.81. The average molecular weight is 264 g/mol. The van der Waals surface area contributed by atoms with E-state index in [1.54, 1.807) is 13.8 Å². The van der Waals surface area contributed by atoms with Gasteiger partial charge in [-0.25, -0.2) is 8.42 Å². The molecular weight excluding hydrogens is 240 g/mol. The van der Waals surface area contributed by atoms with Gasteiger partial charge in [0, 0.05) is 12.8 Å². The minimum absolute atomic E-state index is 0.0782. The molecule has 0 rings (SSSR count). The van der Waals surface area contributed by atoms with Gasteiger partial charge in [0.2, 0.25) is 5.91 Å². The summed E-state index contributed by atoms with van der Waals surface area (Å²) in [7, 11) is -3.21. The summed E-state index contributed by atoms with van der Waals surface area (Å²) in [6.07, 6.45) is 1.97. The number of rotatable bonds is 6. The first kappa shape index (κ1) is 16.4. The van der Waals surface area contributed by atoms with Gasteiger partial charge < -0.3 is 11.1 Å². The van der Waals surface area contributed by atoms with Crippen molar-refractivity contribution in [2.24, 2.45) is 11.7 Å². The molecular formula is C11H24N2O3S. The molecule has 2 atom stereocenters. The number of carbonyl (C=O) groups excluding carboxylic acids is 1. The number of carbonyl (C=O) groups is 1. The van der Waals surface area contributed by atoms with E-state index in [9.17, 15) is 13.2 Å². The lowest BCUT2D eigenvalue weighted by atomic mass is 9.99. The van der Waals surface area contributed by atoms with Crippen LogP contribution in [0.15, 0.2) is 0 Å². The summed E-state index contributed by atoms with van der Waals surface area (Å²) in [4.78, 5) is 11.7. The molecule has 1 amide bonds. The van der Waals surface area contributed by atoms with E-state index < -0.39 is 20.6 Å². The molecule has 0 aromatic heterocycles. The van der Waals surface area contributed by atoms with Crippen LogP contribution in [0.1, 0.15) is 34.1 Å². The minimum atomic E-state index is -3.21. The van der Waals surface area contributed by atoms with Crippen LogP contribution in [0.25, 0.3) is 0 Å². The van der Waals surface area contributed by atoms with Crippen molar-refractivity contribution in [2.45, 2.75) is 44.9 Å². The zero-order valence-electron chi connectivity index (χ0n) is 11.3. The smallest absolute Gasteiger partial charge is 0.237 e. The van der Waals surface area contributed by atoms with Gasteiger partial charge in [-0.3, -0.25) is 4.79 Å². The van der Waals surface area contributed by atoms with Gasteiger partial charge in [0.25, 0.3) is 0 Å². The Morgan fingerprint density at radius 2 is 1.88 bits per heavy atom. The number of sulfone groups is 1. The van der Waals surface area contributed by atoms with E-state index >= 15 is 0 Å². The van der Waals surface area contributed by atoms with Crippen molar-refractivity contribution >= 4 is 15.7 Å². The summed E-state index contributed by atoms with van der Waals surface area (Å²) in [5.74, 6) is -0.215. The van der Waals surface area contributed by atoms with Crippen molar-refractivity contribution in [1.82, 2.24) is 5.32 Å². The Balaban J connectivity index is 4.45. The molecule has 3 N–H and O–H groups in total. The lowest BCUT2D eigenvalue weighted by Gasteiger charge is -2.25. The van der Waals surface area contributed by atoms with Crippen LogP contribution in [0.4, 0.5) is 0 Å². The molecule has 0 saturated heterocycles. The van der Waals surface area contributed by atoms with Crippen LogP contribution in [0, 0.1) is 5.92 Å². The summed E-state index contributed by atoms with van der Waals surface area (Å²) in [6, 6.07) is -0.588. The molecule has 0 aliphatic carbocycles. The van der Waals surface area contributed by atoms with Crippen molar-refractivity contribution in [1.29, 1.82) is 0 Å². The predicted octanol–water partition coefficient (Wildman–Crippen LogP) is 0.299. The van der Waals surface area contributed by atoms with Crippen LogP contribution in [-0.4, -0.2) is 37.9 Å². The second-order valence-electron chi connectivity index (χ2n) is 5.16. The Hall–Kier alpha value is -0.620. The fourth-order valence-corrected chi connectivity index (χ4v) is 1.40. The first-order valence-corrected chi connectivity index (χ1v) is 7.65. The van der Waals surface area contributed by atoms with Gasteiger partial charge in [-0.1, -0.05) is 20.3 Å². The van der Waals surface area contributed by atoms with E-state index in [0.29, 0.717) is 0 Å². The maximum absolute atomic E-state index is 11.7. The van der Waals surface area contributed by atoms with Crippen molar-refractivity contribution in [3.05, 3.63) is 0 Å². The fourth-order valence-electron chi connectivity index (χ4n) is 1.06. The molecule has 1 unspecified atom stereocenters. The molecule has 0 radical (unpaired) electrons. The molecule has 0 aliphatic heterocycles. The molecule has 17 heavy (non-hydrogen) atoms. The highest BCUT2D eigenvalue weighted by Gasteiger charge is 2.31. The number of hydrogen-bond acceptors (Lipinski definition) is 4. The third kappa shape index (κ3) is 4.63. The molecule has 0 heterocycles. The number of hydrogen-bond donors (Lipinski definition) is 2. The van der Waals surface area contributed by atoms with E-state index in [1.807, 2.05) is 13.8 Å². The largest absolute Gasteiger partial charge is 0.353 e. The van der Waals surface area contributed by atoms with Gasteiger partial charge in [0.1, 0.15) is 0 Å². The van der Waals surface area contributed by atoms with Crippen LogP contribution in [0.3, 0.4) is 0 Å². The highest BCUT2D eigenvalue weighted by Crippen LogP contribution is 2.13. The van der Waals surface area contributed by atoms with Gasteiger partial charge in [0.15, 0.2) is 9.84 Å². The predicted molar refractivity (Wildman–Crippen MR) is 69.4 cm³/mol. The normalized spacial score (nSPS) is 16.4. The van der Waals surface area contributed by atoms with E-state index in [-0.39, 0.29) is 18.4 Å². The van der Waals surface area contributed by atoms with Gasteiger partial charge in [-0.2, -0.15) is 0 Å². The molecule has 0 aromatic rings. The van der Waals surface area contributed by atoms with Crippen LogP contribution >= 0.6 is 0 Å². The monoisotopic (exact) mass is 264 g/mol. The Labute approximate surface area is 104 Å². The summed E-state index contributed by atoms with van der Waals surface area (Å²) in [5, 5.41) is 2.60. The highest BCUT2D eigenvalue weighted by molar-refractivity contribution is 7.92. The van der Waals surface area contributed by atoms with Crippen molar-refractivity contribution in [3.8, 4) is 0 Å². The first-order valence-electron chi connectivity index (χ1n) is 5.75. The molecule has 0 aliphatic rings. The Kier molecular flexibility index (Phi) is 5.61.